The Labute approximate surface area is 180 Å². The minimum Gasteiger partial charge on any atom is -0.307 e. The van der Waals surface area contributed by atoms with Crippen LogP contribution in [0.15, 0.2) is 49.1 Å². The van der Waals surface area contributed by atoms with Crippen LogP contribution in [0, 0.1) is 11.6 Å². The third kappa shape index (κ3) is 3.77. The molecule has 30 heavy (non-hydrogen) atoms. The van der Waals surface area contributed by atoms with Crippen molar-refractivity contribution in [2.24, 2.45) is 0 Å². The molecule has 0 N–H and O–H groups in total. The van der Waals surface area contributed by atoms with Crippen molar-refractivity contribution >= 4 is 23.2 Å². The normalized spacial score (nSPS) is 17.9. The van der Waals surface area contributed by atoms with Crippen LogP contribution in [0.4, 0.5) is 14.5 Å². The predicted molar refractivity (Wildman–Crippen MR) is 116 cm³/mol. The highest BCUT2D eigenvalue weighted by Gasteiger charge is 2.47. The number of fused-ring (bicyclic) bond motifs is 2. The van der Waals surface area contributed by atoms with Crippen LogP contribution < -0.4 is 4.90 Å². The SMILES string of the molecule is C=CCCCN1CCC2(CC1)CN(C(=O)c1c(F)cccc1F)c1ccc(Cl)cc12. The van der Waals surface area contributed by atoms with E-state index in [1.54, 1.807) is 12.1 Å². The van der Waals surface area contributed by atoms with Crippen molar-refractivity contribution in [2.45, 2.75) is 31.1 Å². The average molecular weight is 431 g/mol. The van der Waals surface area contributed by atoms with E-state index in [1.807, 2.05) is 12.1 Å². The zero-order valence-electron chi connectivity index (χ0n) is 16.8. The maximum Gasteiger partial charge on any atom is 0.264 e. The van der Waals surface area contributed by atoms with E-state index in [2.05, 4.69) is 11.5 Å². The number of carbonyl (C=O) groups is 1. The lowest BCUT2D eigenvalue weighted by atomic mass is 9.74. The molecule has 0 unspecified atom stereocenters. The molecule has 3 nitrogen and oxygen atoms in total. The molecule has 0 radical (unpaired) electrons. The number of anilines is 1. The molecule has 1 amide bonds. The number of piperidine rings is 1. The molecular weight excluding hydrogens is 406 g/mol. The predicted octanol–water partition coefficient (Wildman–Crippen LogP) is 5.58. The van der Waals surface area contributed by atoms with Gasteiger partial charge in [0.15, 0.2) is 0 Å². The van der Waals surface area contributed by atoms with Crippen molar-refractivity contribution in [1.29, 1.82) is 0 Å². The number of hydrogen-bond donors (Lipinski definition) is 0. The first-order valence-electron chi connectivity index (χ1n) is 10.3. The van der Waals surface area contributed by atoms with Crippen molar-refractivity contribution in [2.75, 3.05) is 31.1 Å². The summed E-state index contributed by atoms with van der Waals surface area (Å²) in [6.45, 7) is 7.04. The molecule has 2 aliphatic heterocycles. The van der Waals surface area contributed by atoms with Crippen LogP contribution in [-0.4, -0.2) is 37.0 Å². The minimum atomic E-state index is -0.839. The Hall–Kier alpha value is -2.24. The zero-order chi connectivity index (χ0) is 21.3. The standard InChI is InChI=1S/C24H25ClF2N2O/c1-2-3-4-12-28-13-10-24(11-14-28)16-29(21-9-8-17(25)15-18(21)24)23(30)22-19(26)6-5-7-20(22)27/h2,5-9,15H,1,3-4,10-14,16H2. The number of unbranched alkanes of at least 4 members (excludes halogenated alkanes) is 1. The molecule has 1 spiro atoms. The van der Waals surface area contributed by atoms with Gasteiger partial charge in [0.1, 0.15) is 17.2 Å². The second kappa shape index (κ2) is 8.48. The molecule has 4 rings (SSSR count). The number of nitrogens with zero attached hydrogens (tertiary/aromatic N) is 2. The van der Waals surface area contributed by atoms with Crippen LogP contribution in [0.25, 0.3) is 0 Å². The maximum atomic E-state index is 14.3. The van der Waals surface area contributed by atoms with Crippen molar-refractivity contribution < 1.29 is 13.6 Å². The fraction of sp³-hybridized carbons (Fsp3) is 0.375. The molecule has 0 aliphatic carbocycles. The van der Waals surface area contributed by atoms with Gasteiger partial charge in [0, 0.05) is 22.7 Å². The lowest BCUT2D eigenvalue weighted by Crippen LogP contribution is -2.46. The fourth-order valence-electron chi connectivity index (χ4n) is 4.75. The summed E-state index contributed by atoms with van der Waals surface area (Å²) in [6, 6.07) is 8.93. The number of allylic oxidation sites excluding steroid dienone is 1. The number of rotatable bonds is 5. The van der Waals surface area contributed by atoms with Gasteiger partial charge in [-0.2, -0.15) is 0 Å². The highest BCUT2D eigenvalue weighted by Crippen LogP contribution is 2.48. The van der Waals surface area contributed by atoms with Gasteiger partial charge in [-0.25, -0.2) is 8.78 Å². The molecule has 158 valence electrons. The van der Waals surface area contributed by atoms with E-state index in [-0.39, 0.29) is 5.41 Å². The second-order valence-electron chi connectivity index (χ2n) is 8.20. The van der Waals surface area contributed by atoms with Gasteiger partial charge < -0.3 is 9.80 Å². The van der Waals surface area contributed by atoms with Crippen molar-refractivity contribution in [3.8, 4) is 0 Å². The molecule has 2 aliphatic rings. The molecule has 6 heteroatoms. The van der Waals surface area contributed by atoms with E-state index in [9.17, 15) is 13.6 Å². The largest absolute Gasteiger partial charge is 0.307 e. The maximum absolute atomic E-state index is 14.3. The van der Waals surface area contributed by atoms with Gasteiger partial charge in [0.2, 0.25) is 0 Å². The number of hydrogen-bond acceptors (Lipinski definition) is 2. The number of amides is 1. The third-order valence-electron chi connectivity index (χ3n) is 6.40. The minimum absolute atomic E-state index is 0.243. The number of halogens is 3. The van der Waals surface area contributed by atoms with Gasteiger partial charge in [0.05, 0.1) is 0 Å². The van der Waals surface area contributed by atoms with E-state index in [1.165, 1.54) is 11.0 Å². The van der Waals surface area contributed by atoms with Gasteiger partial charge in [-0.1, -0.05) is 23.7 Å². The monoisotopic (exact) mass is 430 g/mol. The van der Waals surface area contributed by atoms with Gasteiger partial charge in [-0.05, 0) is 81.2 Å². The zero-order valence-corrected chi connectivity index (χ0v) is 17.6. The Morgan fingerprint density at radius 2 is 1.87 bits per heavy atom. The first kappa shape index (κ1) is 21.0. The third-order valence-corrected chi connectivity index (χ3v) is 6.63. The van der Waals surface area contributed by atoms with Crippen molar-refractivity contribution in [3.63, 3.8) is 0 Å². The van der Waals surface area contributed by atoms with E-state index in [0.717, 1.165) is 63.0 Å². The molecule has 2 heterocycles. The van der Waals surface area contributed by atoms with Crippen LogP contribution in [0.3, 0.4) is 0 Å². The summed E-state index contributed by atoms with van der Waals surface area (Å²) >= 11 is 6.29. The summed E-state index contributed by atoms with van der Waals surface area (Å²) in [5, 5.41) is 0.605. The van der Waals surface area contributed by atoms with Crippen LogP contribution >= 0.6 is 11.6 Å². The molecule has 2 aromatic rings. The summed E-state index contributed by atoms with van der Waals surface area (Å²) < 4.78 is 28.6. The summed E-state index contributed by atoms with van der Waals surface area (Å²) in [5.74, 6) is -2.32. The van der Waals surface area contributed by atoms with Crippen LogP contribution in [0.2, 0.25) is 5.02 Å². The molecule has 2 aromatic carbocycles. The smallest absolute Gasteiger partial charge is 0.264 e. The molecule has 0 saturated carbocycles. The summed E-state index contributed by atoms with van der Waals surface area (Å²) in [7, 11) is 0. The van der Waals surface area contributed by atoms with Crippen LogP contribution in [0.1, 0.15) is 41.6 Å². The Morgan fingerprint density at radius 3 is 2.53 bits per heavy atom. The molecule has 1 saturated heterocycles. The van der Waals surface area contributed by atoms with E-state index in [0.29, 0.717) is 17.3 Å². The molecule has 1 fully saturated rings. The molecule has 0 atom stereocenters. The topological polar surface area (TPSA) is 23.6 Å². The van der Waals surface area contributed by atoms with Gasteiger partial charge in [0.25, 0.3) is 5.91 Å². The molecular formula is C24H25ClF2N2O. The first-order chi connectivity index (χ1) is 14.4. The summed E-state index contributed by atoms with van der Waals surface area (Å²) in [5.41, 5.74) is 0.961. The fourth-order valence-corrected chi connectivity index (χ4v) is 4.92. The van der Waals surface area contributed by atoms with E-state index < -0.39 is 23.1 Å². The molecule has 0 aromatic heterocycles. The highest BCUT2D eigenvalue weighted by molar-refractivity contribution is 6.30. The highest BCUT2D eigenvalue weighted by atomic mass is 35.5. The lowest BCUT2D eigenvalue weighted by molar-refractivity contribution is 0.0968. The summed E-state index contributed by atoms with van der Waals surface area (Å²) in [4.78, 5) is 17.2. The number of benzene rings is 2. The summed E-state index contributed by atoms with van der Waals surface area (Å²) in [6.07, 6.45) is 5.76. The number of carbonyl (C=O) groups excluding carboxylic acids is 1. The van der Waals surface area contributed by atoms with Crippen molar-refractivity contribution in [3.05, 3.63) is 76.8 Å². The van der Waals surface area contributed by atoms with Crippen LogP contribution in [-0.2, 0) is 5.41 Å². The second-order valence-corrected chi connectivity index (χ2v) is 8.64. The quantitative estimate of drug-likeness (QED) is 0.456. The van der Waals surface area contributed by atoms with E-state index in [4.69, 9.17) is 11.6 Å². The lowest BCUT2D eigenvalue weighted by Gasteiger charge is -2.40. The van der Waals surface area contributed by atoms with Gasteiger partial charge in [-0.3, -0.25) is 4.79 Å². The molecule has 0 bridgehead atoms. The average Bonchev–Trinajstić information content (AvgIpc) is 3.03. The van der Waals surface area contributed by atoms with Crippen LogP contribution in [0.5, 0.6) is 0 Å². The Bertz CT molecular complexity index is 949. The first-order valence-corrected chi connectivity index (χ1v) is 10.7. The number of likely N-dealkylation sites (tertiary alicyclic amines) is 1. The Kier molecular flexibility index (Phi) is 5.94. The Morgan fingerprint density at radius 1 is 1.17 bits per heavy atom. The van der Waals surface area contributed by atoms with Crippen molar-refractivity contribution in [1.82, 2.24) is 4.90 Å². The van der Waals surface area contributed by atoms with Gasteiger partial charge >= 0.3 is 0 Å². The van der Waals surface area contributed by atoms with Gasteiger partial charge in [-0.15, -0.1) is 6.58 Å². The van der Waals surface area contributed by atoms with E-state index >= 15 is 0 Å². The Balaban J connectivity index is 1.62.